The molecule has 0 unspecified atom stereocenters. The molecule has 0 saturated heterocycles. The summed E-state index contributed by atoms with van der Waals surface area (Å²) in [6.07, 6.45) is 3.89. The van der Waals surface area contributed by atoms with Crippen LogP contribution in [0.1, 0.15) is 0 Å². The molecule has 0 fully saturated rings. The molecule has 19 heavy (non-hydrogen) atoms. The number of quaternary nitrogens is 1. The SMILES string of the molecule is C=C(NNc1ccc(N(C)C)cc1)N(C)/C=C\[NH2+]C. The van der Waals surface area contributed by atoms with Crippen molar-refractivity contribution in [3.05, 3.63) is 49.1 Å². The molecule has 4 N–H and O–H groups in total. The molecule has 0 bridgehead atoms. The maximum atomic E-state index is 3.95. The largest absolute Gasteiger partial charge is 0.378 e. The minimum absolute atomic E-state index is 0.773. The first-order valence-corrected chi connectivity index (χ1v) is 6.22. The molecule has 0 aliphatic rings. The Bertz CT molecular complexity index is 422. The van der Waals surface area contributed by atoms with Gasteiger partial charge in [0.05, 0.1) is 18.9 Å². The zero-order chi connectivity index (χ0) is 14.3. The lowest BCUT2D eigenvalue weighted by atomic mass is 10.3. The van der Waals surface area contributed by atoms with Gasteiger partial charge in [-0.05, 0) is 24.3 Å². The van der Waals surface area contributed by atoms with Crippen molar-refractivity contribution >= 4 is 11.4 Å². The predicted octanol–water partition coefficient (Wildman–Crippen LogP) is 0.737. The van der Waals surface area contributed by atoms with Crippen LogP contribution in [-0.2, 0) is 0 Å². The minimum atomic E-state index is 0.773. The van der Waals surface area contributed by atoms with Gasteiger partial charge in [0.25, 0.3) is 0 Å². The average molecular weight is 262 g/mol. The molecule has 0 spiro atoms. The first kappa shape index (κ1) is 14.9. The lowest BCUT2D eigenvalue weighted by Gasteiger charge is -2.19. The van der Waals surface area contributed by atoms with Gasteiger partial charge in [-0.2, -0.15) is 0 Å². The highest BCUT2D eigenvalue weighted by molar-refractivity contribution is 5.54. The predicted molar refractivity (Wildman–Crippen MR) is 81.4 cm³/mol. The molecule has 1 rings (SSSR count). The fourth-order valence-electron chi connectivity index (χ4n) is 1.38. The van der Waals surface area contributed by atoms with Crippen LogP contribution in [0.15, 0.2) is 49.1 Å². The third-order valence-electron chi connectivity index (χ3n) is 2.66. The van der Waals surface area contributed by atoms with Crippen LogP contribution in [0.25, 0.3) is 0 Å². The summed E-state index contributed by atoms with van der Waals surface area (Å²) in [7, 11) is 7.96. The van der Waals surface area contributed by atoms with Crippen LogP contribution < -0.4 is 21.1 Å². The van der Waals surface area contributed by atoms with Crippen LogP contribution in [0.3, 0.4) is 0 Å². The highest BCUT2D eigenvalue weighted by Crippen LogP contribution is 2.15. The molecule has 5 nitrogen and oxygen atoms in total. The van der Waals surface area contributed by atoms with Gasteiger partial charge in [0.15, 0.2) is 0 Å². The van der Waals surface area contributed by atoms with E-state index < -0.39 is 0 Å². The first-order chi connectivity index (χ1) is 9.04. The molecule has 1 aromatic carbocycles. The Morgan fingerprint density at radius 1 is 1.21 bits per heavy atom. The van der Waals surface area contributed by atoms with Gasteiger partial charge >= 0.3 is 0 Å². The molecule has 104 valence electrons. The standard InChI is InChI=1S/C14H23N5/c1-12(19(5)11-10-15-2)16-17-13-6-8-14(9-7-13)18(3)4/h6-11,15-17H,1H2,2-5H3/p+1/b11-10-. The van der Waals surface area contributed by atoms with Gasteiger partial charge in [-0.3, -0.25) is 10.9 Å². The van der Waals surface area contributed by atoms with Gasteiger partial charge < -0.3 is 15.1 Å². The Balaban J connectivity index is 2.48. The number of benzene rings is 1. The quantitative estimate of drug-likeness (QED) is 0.634. The summed E-state index contributed by atoms with van der Waals surface area (Å²) < 4.78 is 0. The normalized spacial score (nSPS) is 10.3. The van der Waals surface area contributed by atoms with E-state index in [1.807, 2.05) is 62.9 Å². The minimum Gasteiger partial charge on any atom is -0.378 e. The summed E-state index contributed by atoms with van der Waals surface area (Å²) >= 11 is 0. The molecule has 0 radical (unpaired) electrons. The number of hydrogen-bond donors (Lipinski definition) is 3. The number of rotatable bonds is 7. The molecule has 1 aromatic rings. The van der Waals surface area contributed by atoms with E-state index in [1.165, 1.54) is 5.69 Å². The van der Waals surface area contributed by atoms with E-state index >= 15 is 0 Å². The van der Waals surface area contributed by atoms with E-state index in [0.29, 0.717) is 0 Å². The van der Waals surface area contributed by atoms with Gasteiger partial charge in [-0.25, -0.2) is 0 Å². The number of anilines is 2. The Morgan fingerprint density at radius 2 is 1.84 bits per heavy atom. The Labute approximate surface area is 115 Å². The first-order valence-electron chi connectivity index (χ1n) is 6.22. The molecular weight excluding hydrogens is 238 g/mol. The van der Waals surface area contributed by atoms with E-state index in [-0.39, 0.29) is 0 Å². The van der Waals surface area contributed by atoms with Crippen LogP contribution in [0.4, 0.5) is 11.4 Å². The van der Waals surface area contributed by atoms with Crippen LogP contribution >= 0.6 is 0 Å². The van der Waals surface area contributed by atoms with E-state index in [2.05, 4.69) is 34.5 Å². The van der Waals surface area contributed by atoms with Gasteiger partial charge in [-0.15, -0.1) is 0 Å². The second kappa shape index (κ2) is 7.33. The van der Waals surface area contributed by atoms with Gasteiger partial charge in [0.2, 0.25) is 0 Å². The molecule has 0 atom stereocenters. The molecule has 0 aliphatic heterocycles. The highest BCUT2D eigenvalue weighted by Gasteiger charge is 1.99. The number of nitrogens with one attached hydrogen (secondary N) is 2. The van der Waals surface area contributed by atoms with Crippen molar-refractivity contribution in [2.75, 3.05) is 38.5 Å². The fraction of sp³-hybridized carbons (Fsp3) is 0.286. The third kappa shape index (κ3) is 4.93. The zero-order valence-electron chi connectivity index (χ0n) is 12.1. The van der Waals surface area contributed by atoms with E-state index in [4.69, 9.17) is 0 Å². The van der Waals surface area contributed by atoms with E-state index in [9.17, 15) is 0 Å². The summed E-state index contributed by atoms with van der Waals surface area (Å²) in [5.41, 5.74) is 8.33. The zero-order valence-corrected chi connectivity index (χ0v) is 12.1. The summed E-state index contributed by atoms with van der Waals surface area (Å²) in [6.45, 7) is 3.95. The lowest BCUT2D eigenvalue weighted by Crippen LogP contribution is -2.72. The number of nitrogens with zero attached hydrogens (tertiary/aromatic N) is 2. The van der Waals surface area contributed by atoms with Crippen LogP contribution in [0.5, 0.6) is 0 Å². The summed E-state index contributed by atoms with van der Waals surface area (Å²) in [4.78, 5) is 3.97. The summed E-state index contributed by atoms with van der Waals surface area (Å²) in [6, 6.07) is 8.15. The van der Waals surface area contributed by atoms with E-state index in [1.54, 1.807) is 0 Å². The van der Waals surface area contributed by atoms with Crippen LogP contribution in [-0.4, -0.2) is 33.1 Å². The molecule has 0 saturated carbocycles. The maximum absolute atomic E-state index is 3.95. The Kier molecular flexibility index (Phi) is 5.75. The molecular formula is C14H24N5+. The van der Waals surface area contributed by atoms with Crippen molar-refractivity contribution in [2.45, 2.75) is 0 Å². The van der Waals surface area contributed by atoms with Crippen molar-refractivity contribution in [2.24, 2.45) is 0 Å². The topological polar surface area (TPSA) is 47.1 Å². The third-order valence-corrected chi connectivity index (χ3v) is 2.66. The van der Waals surface area contributed by atoms with Crippen LogP contribution in [0, 0.1) is 0 Å². The Morgan fingerprint density at radius 3 is 2.37 bits per heavy atom. The molecule has 0 amide bonds. The molecule has 5 heteroatoms. The van der Waals surface area contributed by atoms with Gasteiger partial charge in [0, 0.05) is 26.8 Å². The maximum Gasteiger partial charge on any atom is 0.117 e. The number of hydrogen-bond acceptors (Lipinski definition) is 4. The van der Waals surface area contributed by atoms with Crippen molar-refractivity contribution in [1.29, 1.82) is 0 Å². The van der Waals surface area contributed by atoms with Crippen molar-refractivity contribution < 1.29 is 5.32 Å². The average Bonchev–Trinajstić information content (AvgIpc) is 2.42. The van der Waals surface area contributed by atoms with Crippen molar-refractivity contribution in [1.82, 2.24) is 10.3 Å². The van der Waals surface area contributed by atoms with E-state index in [0.717, 1.165) is 11.5 Å². The van der Waals surface area contributed by atoms with Gasteiger partial charge in [-0.1, -0.05) is 6.58 Å². The Hall–Kier alpha value is -2.14. The summed E-state index contributed by atoms with van der Waals surface area (Å²) in [5.74, 6) is 0.773. The van der Waals surface area contributed by atoms with Gasteiger partial charge in [0.1, 0.15) is 12.0 Å². The monoisotopic (exact) mass is 262 g/mol. The fourth-order valence-corrected chi connectivity index (χ4v) is 1.38. The number of nitrogens with two attached hydrogens (primary N) is 1. The second-order valence-electron chi connectivity index (χ2n) is 4.42. The highest BCUT2D eigenvalue weighted by atomic mass is 15.4. The van der Waals surface area contributed by atoms with Crippen molar-refractivity contribution in [3.63, 3.8) is 0 Å². The summed E-state index contributed by atoms with van der Waals surface area (Å²) in [5, 5.41) is 1.97. The molecule has 0 heterocycles. The lowest BCUT2D eigenvalue weighted by molar-refractivity contribution is -0.557. The van der Waals surface area contributed by atoms with Crippen LogP contribution in [0.2, 0.25) is 0 Å². The second-order valence-corrected chi connectivity index (χ2v) is 4.42. The smallest absolute Gasteiger partial charge is 0.117 e. The molecule has 0 aromatic heterocycles. The van der Waals surface area contributed by atoms with Crippen molar-refractivity contribution in [3.8, 4) is 0 Å². The molecule has 0 aliphatic carbocycles. The number of hydrazine groups is 1.